The number of nitrogens with zero attached hydrogens (tertiary/aromatic N) is 2. The van der Waals surface area contributed by atoms with E-state index in [1.165, 1.54) is 6.92 Å². The summed E-state index contributed by atoms with van der Waals surface area (Å²) in [5, 5.41) is 6.83. The van der Waals surface area contributed by atoms with Crippen LogP contribution in [0.25, 0.3) is 0 Å². The molecule has 1 aromatic rings. The first-order chi connectivity index (χ1) is 7.38. The molecule has 1 N–H and O–H groups in total. The molecule has 0 radical (unpaired) electrons. The van der Waals surface area contributed by atoms with Crippen LogP contribution in [0.15, 0.2) is 12.3 Å². The molecule has 0 bridgehead atoms. The van der Waals surface area contributed by atoms with E-state index in [4.69, 9.17) is 0 Å². The van der Waals surface area contributed by atoms with Gasteiger partial charge in [-0.2, -0.15) is 18.3 Å². The maximum absolute atomic E-state index is 12.0. The highest BCUT2D eigenvalue weighted by molar-refractivity contribution is 5.00. The molecule has 1 heterocycles. The Morgan fingerprint density at radius 1 is 1.50 bits per heavy atom. The van der Waals surface area contributed by atoms with Crippen LogP contribution in [0, 0.1) is 0 Å². The number of aryl methyl sites for hydroxylation is 1. The van der Waals surface area contributed by atoms with Gasteiger partial charge in [-0.05, 0) is 13.0 Å². The minimum Gasteiger partial charge on any atom is -0.314 e. The van der Waals surface area contributed by atoms with E-state index in [0.717, 1.165) is 5.69 Å². The van der Waals surface area contributed by atoms with Crippen LogP contribution in [0.1, 0.15) is 19.0 Å². The second-order valence-corrected chi connectivity index (χ2v) is 3.87. The van der Waals surface area contributed by atoms with Gasteiger partial charge in [0.1, 0.15) is 0 Å². The van der Waals surface area contributed by atoms with E-state index < -0.39 is 18.6 Å². The Balaban J connectivity index is 2.23. The number of hydrogen-bond acceptors (Lipinski definition) is 2. The molecule has 0 fully saturated rings. The summed E-state index contributed by atoms with van der Waals surface area (Å²) in [7, 11) is 1.81. The monoisotopic (exact) mass is 235 g/mol. The minimum absolute atomic E-state index is 0.525. The van der Waals surface area contributed by atoms with E-state index in [-0.39, 0.29) is 0 Å². The standard InChI is InChI=1S/C10H16F3N3/c1-8(7-10(11,12)13)14-5-3-9-4-6-15-16(9)2/h4,6,8,14H,3,5,7H2,1-2H3. The largest absolute Gasteiger partial charge is 0.390 e. The average Bonchev–Trinajstić information content (AvgIpc) is 2.48. The summed E-state index contributed by atoms with van der Waals surface area (Å²) in [6, 6.07) is 1.31. The number of alkyl halides is 3. The van der Waals surface area contributed by atoms with Crippen LogP contribution in [0.2, 0.25) is 0 Å². The molecule has 3 nitrogen and oxygen atoms in total. The van der Waals surface area contributed by atoms with Gasteiger partial charge in [0.05, 0.1) is 6.42 Å². The van der Waals surface area contributed by atoms with Gasteiger partial charge in [-0.1, -0.05) is 0 Å². The molecule has 0 saturated heterocycles. The van der Waals surface area contributed by atoms with Crippen molar-refractivity contribution in [3.8, 4) is 0 Å². The lowest BCUT2D eigenvalue weighted by molar-refractivity contribution is -0.138. The third kappa shape index (κ3) is 4.65. The summed E-state index contributed by atoms with van der Waals surface area (Å²) >= 11 is 0. The summed E-state index contributed by atoms with van der Waals surface area (Å²) < 4.78 is 37.8. The molecule has 0 aliphatic carbocycles. The zero-order valence-electron chi connectivity index (χ0n) is 9.38. The second kappa shape index (κ2) is 5.34. The van der Waals surface area contributed by atoms with E-state index >= 15 is 0 Å². The topological polar surface area (TPSA) is 29.9 Å². The van der Waals surface area contributed by atoms with Gasteiger partial charge < -0.3 is 5.32 Å². The first-order valence-corrected chi connectivity index (χ1v) is 5.15. The van der Waals surface area contributed by atoms with Crippen LogP contribution in [0.4, 0.5) is 13.2 Å². The fraction of sp³-hybridized carbons (Fsp3) is 0.700. The molecule has 1 unspecified atom stereocenters. The second-order valence-electron chi connectivity index (χ2n) is 3.87. The highest BCUT2D eigenvalue weighted by Crippen LogP contribution is 2.21. The number of hydrogen-bond donors (Lipinski definition) is 1. The van der Waals surface area contributed by atoms with Gasteiger partial charge in [-0.15, -0.1) is 0 Å². The van der Waals surface area contributed by atoms with E-state index in [1.54, 1.807) is 10.9 Å². The van der Waals surface area contributed by atoms with E-state index in [1.807, 2.05) is 13.1 Å². The van der Waals surface area contributed by atoms with E-state index in [0.29, 0.717) is 13.0 Å². The molecule has 16 heavy (non-hydrogen) atoms. The van der Waals surface area contributed by atoms with Crippen LogP contribution < -0.4 is 5.32 Å². The lowest BCUT2D eigenvalue weighted by Crippen LogP contribution is -2.32. The molecule has 92 valence electrons. The van der Waals surface area contributed by atoms with Gasteiger partial charge in [0.25, 0.3) is 0 Å². The Kier molecular flexibility index (Phi) is 4.35. The summed E-state index contributed by atoms with van der Waals surface area (Å²) in [5.41, 5.74) is 1.01. The highest BCUT2D eigenvalue weighted by atomic mass is 19.4. The number of nitrogens with one attached hydrogen (secondary N) is 1. The highest BCUT2D eigenvalue weighted by Gasteiger charge is 2.29. The Morgan fingerprint density at radius 2 is 2.19 bits per heavy atom. The van der Waals surface area contributed by atoms with Gasteiger partial charge >= 0.3 is 6.18 Å². The van der Waals surface area contributed by atoms with Crippen LogP contribution in [0.3, 0.4) is 0 Å². The lowest BCUT2D eigenvalue weighted by atomic mass is 10.2. The number of aromatic nitrogens is 2. The summed E-state index contributed by atoms with van der Waals surface area (Å²) in [6.07, 6.45) is -2.54. The molecule has 0 aliphatic rings. The first kappa shape index (κ1) is 13.0. The van der Waals surface area contributed by atoms with Crippen molar-refractivity contribution in [3.05, 3.63) is 18.0 Å². The zero-order chi connectivity index (χ0) is 12.2. The minimum atomic E-state index is -4.10. The van der Waals surface area contributed by atoms with Crippen LogP contribution in [-0.2, 0) is 13.5 Å². The fourth-order valence-electron chi connectivity index (χ4n) is 1.51. The molecular weight excluding hydrogens is 219 g/mol. The van der Waals surface area contributed by atoms with Crippen molar-refractivity contribution in [2.45, 2.75) is 32.0 Å². The van der Waals surface area contributed by atoms with Crippen LogP contribution >= 0.6 is 0 Å². The molecule has 0 aromatic carbocycles. The van der Waals surface area contributed by atoms with Gasteiger partial charge in [-0.25, -0.2) is 0 Å². The molecule has 1 aromatic heterocycles. The molecule has 0 amide bonds. The van der Waals surface area contributed by atoms with Gasteiger partial charge in [0.15, 0.2) is 0 Å². The molecule has 0 aliphatic heterocycles. The maximum Gasteiger partial charge on any atom is 0.390 e. The number of rotatable bonds is 5. The van der Waals surface area contributed by atoms with Crippen molar-refractivity contribution >= 4 is 0 Å². The third-order valence-corrected chi connectivity index (χ3v) is 2.33. The van der Waals surface area contributed by atoms with Crippen molar-refractivity contribution < 1.29 is 13.2 Å². The van der Waals surface area contributed by atoms with E-state index in [9.17, 15) is 13.2 Å². The SMILES string of the molecule is CC(CC(F)(F)F)NCCc1ccnn1C. The lowest BCUT2D eigenvalue weighted by Gasteiger charge is -2.15. The number of halogens is 3. The normalized spacial score (nSPS) is 14.1. The Hall–Kier alpha value is -1.04. The van der Waals surface area contributed by atoms with Crippen LogP contribution in [-0.4, -0.2) is 28.5 Å². The Bertz CT molecular complexity index is 319. The predicted octanol–water partition coefficient (Wildman–Crippen LogP) is 1.89. The maximum atomic E-state index is 12.0. The molecule has 1 rings (SSSR count). The van der Waals surface area contributed by atoms with Crippen molar-refractivity contribution in [2.24, 2.45) is 7.05 Å². The average molecular weight is 235 g/mol. The quantitative estimate of drug-likeness (QED) is 0.844. The van der Waals surface area contributed by atoms with Crippen molar-refractivity contribution in [1.82, 2.24) is 15.1 Å². The van der Waals surface area contributed by atoms with Crippen molar-refractivity contribution in [2.75, 3.05) is 6.54 Å². The summed E-state index contributed by atoms with van der Waals surface area (Å²) in [6.45, 7) is 2.06. The molecule has 0 saturated carbocycles. The van der Waals surface area contributed by atoms with E-state index in [2.05, 4.69) is 10.4 Å². The Morgan fingerprint density at radius 3 is 2.69 bits per heavy atom. The van der Waals surface area contributed by atoms with Crippen molar-refractivity contribution in [3.63, 3.8) is 0 Å². The summed E-state index contributed by atoms with van der Waals surface area (Å²) in [4.78, 5) is 0. The fourth-order valence-corrected chi connectivity index (χ4v) is 1.51. The molecule has 6 heteroatoms. The molecular formula is C10H16F3N3. The first-order valence-electron chi connectivity index (χ1n) is 5.15. The van der Waals surface area contributed by atoms with Gasteiger partial charge in [0.2, 0.25) is 0 Å². The Labute approximate surface area is 92.6 Å². The predicted molar refractivity (Wildman–Crippen MR) is 55.0 cm³/mol. The summed E-state index contributed by atoms with van der Waals surface area (Å²) in [5.74, 6) is 0. The molecule has 0 spiro atoms. The third-order valence-electron chi connectivity index (χ3n) is 2.33. The molecule has 1 atom stereocenters. The van der Waals surface area contributed by atoms with Gasteiger partial charge in [0, 0.05) is 37.9 Å². The van der Waals surface area contributed by atoms with Crippen LogP contribution in [0.5, 0.6) is 0 Å². The van der Waals surface area contributed by atoms with Gasteiger partial charge in [-0.3, -0.25) is 4.68 Å². The van der Waals surface area contributed by atoms with Crippen molar-refractivity contribution in [1.29, 1.82) is 0 Å². The zero-order valence-corrected chi connectivity index (χ0v) is 9.38. The smallest absolute Gasteiger partial charge is 0.314 e.